The number of nitrogens with zero attached hydrogens (tertiary/aromatic N) is 5. The molecule has 190 valence electrons. The first-order valence-electron chi connectivity index (χ1n) is 12.5. The minimum atomic E-state index is -0.445. The van der Waals surface area contributed by atoms with Gasteiger partial charge in [-0.3, -0.25) is 14.3 Å². The fourth-order valence-corrected chi connectivity index (χ4v) is 7.16. The van der Waals surface area contributed by atoms with Crippen molar-refractivity contribution in [2.75, 3.05) is 23.7 Å². The molecule has 0 aliphatic carbocycles. The van der Waals surface area contributed by atoms with E-state index < -0.39 is 5.69 Å². The van der Waals surface area contributed by atoms with Crippen LogP contribution in [0.2, 0.25) is 0 Å². The molecule has 0 radical (unpaired) electrons. The van der Waals surface area contributed by atoms with Crippen LogP contribution in [-0.2, 0) is 20.0 Å². The van der Waals surface area contributed by atoms with Gasteiger partial charge in [-0.05, 0) is 42.9 Å². The van der Waals surface area contributed by atoms with Crippen molar-refractivity contribution in [2.24, 2.45) is 13.0 Å². The van der Waals surface area contributed by atoms with E-state index in [1.807, 2.05) is 22.8 Å². The Hall–Kier alpha value is -3.37. The fraction of sp³-hybridized carbons (Fsp3) is 0.333. The quantitative estimate of drug-likeness (QED) is 0.315. The van der Waals surface area contributed by atoms with Gasteiger partial charge < -0.3 is 9.47 Å². The largest absolute Gasteiger partial charge is 0.342 e. The Morgan fingerprint density at radius 2 is 1.78 bits per heavy atom. The second-order valence-corrected chi connectivity index (χ2v) is 11.8. The Labute approximate surface area is 222 Å². The van der Waals surface area contributed by atoms with Gasteiger partial charge in [-0.2, -0.15) is 4.98 Å². The molecule has 0 unspecified atom stereocenters. The maximum Gasteiger partial charge on any atom is 0.329 e. The summed E-state index contributed by atoms with van der Waals surface area (Å²) in [6.45, 7) is 2.34. The summed E-state index contributed by atoms with van der Waals surface area (Å²) in [5.74, 6) is 2.13. The van der Waals surface area contributed by atoms with Gasteiger partial charge in [0, 0.05) is 32.4 Å². The van der Waals surface area contributed by atoms with Crippen LogP contribution in [0.3, 0.4) is 0 Å². The minimum Gasteiger partial charge on any atom is -0.342 e. The zero-order valence-corrected chi connectivity index (χ0v) is 22.2. The predicted octanol–water partition coefficient (Wildman–Crippen LogP) is 4.28. The van der Waals surface area contributed by atoms with Crippen LogP contribution in [0.25, 0.3) is 21.4 Å². The van der Waals surface area contributed by atoms with E-state index in [0.717, 1.165) is 53.9 Å². The Morgan fingerprint density at radius 3 is 2.57 bits per heavy atom. The summed E-state index contributed by atoms with van der Waals surface area (Å²) in [4.78, 5) is 39.5. The van der Waals surface area contributed by atoms with Gasteiger partial charge in [-0.15, -0.1) is 11.3 Å². The normalized spacial score (nSPS) is 14.7. The number of imidazole rings is 1. The number of aryl methyl sites for hydroxylation is 2. The van der Waals surface area contributed by atoms with Crippen molar-refractivity contribution in [1.82, 2.24) is 24.1 Å². The first-order chi connectivity index (χ1) is 18.1. The Morgan fingerprint density at radius 1 is 1.03 bits per heavy atom. The molecule has 4 heterocycles. The van der Waals surface area contributed by atoms with Gasteiger partial charge in [0.05, 0.1) is 10.2 Å². The molecule has 1 saturated heterocycles. The monoisotopic (exact) mass is 532 g/mol. The second kappa shape index (κ2) is 10.2. The highest BCUT2D eigenvalue weighted by atomic mass is 32.2. The number of hydrogen-bond donors (Lipinski definition) is 1. The Bertz CT molecular complexity index is 1630. The number of piperidine rings is 1. The fourth-order valence-electron chi connectivity index (χ4n) is 5.10. The Balaban J connectivity index is 1.24. The average Bonchev–Trinajstić information content (AvgIpc) is 3.50. The van der Waals surface area contributed by atoms with Crippen molar-refractivity contribution in [3.8, 4) is 0 Å². The molecule has 5 aromatic rings. The lowest BCUT2D eigenvalue weighted by Crippen LogP contribution is -2.36. The summed E-state index contributed by atoms with van der Waals surface area (Å²) < 4.78 is 5.60. The summed E-state index contributed by atoms with van der Waals surface area (Å²) in [5.41, 5.74) is 2.43. The molecule has 0 atom stereocenters. The number of fused-ring (bicyclic) bond motifs is 2. The smallest absolute Gasteiger partial charge is 0.329 e. The van der Waals surface area contributed by atoms with Crippen LogP contribution < -0.4 is 16.1 Å². The summed E-state index contributed by atoms with van der Waals surface area (Å²) in [5, 5.41) is 0. The lowest BCUT2D eigenvalue weighted by molar-refractivity contribution is 0.398. The molecule has 1 N–H and O–H groups in total. The van der Waals surface area contributed by atoms with E-state index in [2.05, 4.69) is 46.3 Å². The summed E-state index contributed by atoms with van der Waals surface area (Å²) in [6.07, 6.45) is 3.21. The lowest BCUT2D eigenvalue weighted by Gasteiger charge is -2.33. The van der Waals surface area contributed by atoms with Gasteiger partial charge in [0.1, 0.15) is 0 Å². The Kier molecular flexibility index (Phi) is 6.60. The highest BCUT2D eigenvalue weighted by Gasteiger charge is 2.26. The topological polar surface area (TPSA) is 88.8 Å². The van der Waals surface area contributed by atoms with E-state index in [-0.39, 0.29) is 5.56 Å². The number of H-pyrrole nitrogens is 1. The second-order valence-electron chi connectivity index (χ2n) is 9.47. The van der Waals surface area contributed by atoms with Crippen molar-refractivity contribution in [3.05, 3.63) is 81.0 Å². The van der Waals surface area contributed by atoms with Crippen LogP contribution in [-0.4, -0.2) is 42.9 Å². The number of thiazole rings is 1. The number of nitrogens with one attached hydrogen (secondary N) is 1. The van der Waals surface area contributed by atoms with Crippen molar-refractivity contribution < 1.29 is 0 Å². The maximum atomic E-state index is 12.9. The molecule has 0 spiro atoms. The SMILES string of the molecule is Cn1c(=O)[nH]c(=O)c2c1nc(N1CCC(Cc3ccccc3)CC1)n2CCSc1nc2ccccc2s1. The number of para-hydroxylation sites is 1. The molecular formula is C27H28N6O2S2. The van der Waals surface area contributed by atoms with E-state index in [1.165, 1.54) is 14.8 Å². The van der Waals surface area contributed by atoms with E-state index in [0.29, 0.717) is 23.6 Å². The molecule has 37 heavy (non-hydrogen) atoms. The van der Waals surface area contributed by atoms with Gasteiger partial charge in [-0.1, -0.05) is 54.2 Å². The molecule has 10 heteroatoms. The van der Waals surface area contributed by atoms with E-state index in [9.17, 15) is 9.59 Å². The maximum absolute atomic E-state index is 12.9. The molecule has 1 aliphatic heterocycles. The molecule has 1 aliphatic rings. The molecule has 8 nitrogen and oxygen atoms in total. The molecular weight excluding hydrogens is 504 g/mol. The van der Waals surface area contributed by atoms with Crippen LogP contribution in [0, 0.1) is 5.92 Å². The molecule has 0 bridgehead atoms. The number of anilines is 1. The van der Waals surface area contributed by atoms with Crippen molar-refractivity contribution in [2.45, 2.75) is 30.1 Å². The van der Waals surface area contributed by atoms with Crippen LogP contribution in [0.15, 0.2) is 68.5 Å². The van der Waals surface area contributed by atoms with Crippen LogP contribution in [0.4, 0.5) is 5.95 Å². The molecule has 2 aromatic carbocycles. The van der Waals surface area contributed by atoms with Crippen molar-refractivity contribution in [3.63, 3.8) is 0 Å². The highest BCUT2D eigenvalue weighted by Crippen LogP contribution is 2.31. The highest BCUT2D eigenvalue weighted by molar-refractivity contribution is 8.01. The van der Waals surface area contributed by atoms with Crippen molar-refractivity contribution in [1.29, 1.82) is 0 Å². The molecule has 3 aromatic heterocycles. The molecule has 6 rings (SSSR count). The van der Waals surface area contributed by atoms with E-state index >= 15 is 0 Å². The number of aromatic amines is 1. The number of hydrogen-bond acceptors (Lipinski definition) is 7. The zero-order chi connectivity index (χ0) is 25.4. The number of thioether (sulfide) groups is 1. The van der Waals surface area contributed by atoms with Crippen LogP contribution in [0.1, 0.15) is 18.4 Å². The molecule has 0 amide bonds. The third-order valence-electron chi connectivity index (χ3n) is 7.07. The standard InChI is InChI=1S/C27H28N6O2S2/c1-31-23-22(24(34)30-26(31)35)33(15-16-36-27-28-20-9-5-6-10-21(20)37-27)25(29-23)32-13-11-19(12-14-32)17-18-7-3-2-4-8-18/h2-10,19H,11-17H2,1H3,(H,30,34,35). The summed E-state index contributed by atoms with van der Waals surface area (Å²) >= 11 is 3.36. The van der Waals surface area contributed by atoms with E-state index in [4.69, 9.17) is 9.97 Å². The third kappa shape index (κ3) is 4.83. The molecule has 1 fully saturated rings. The molecule has 0 saturated carbocycles. The van der Waals surface area contributed by atoms with Gasteiger partial charge in [0.2, 0.25) is 5.95 Å². The lowest BCUT2D eigenvalue weighted by atomic mass is 9.90. The third-order valence-corrected chi connectivity index (χ3v) is 9.23. The zero-order valence-electron chi connectivity index (χ0n) is 20.6. The van der Waals surface area contributed by atoms with Crippen LogP contribution in [0.5, 0.6) is 0 Å². The van der Waals surface area contributed by atoms with Gasteiger partial charge in [0.25, 0.3) is 5.56 Å². The number of benzene rings is 2. The van der Waals surface area contributed by atoms with E-state index in [1.54, 1.807) is 30.1 Å². The first kappa shape index (κ1) is 24.0. The summed E-state index contributed by atoms with van der Waals surface area (Å²) in [6, 6.07) is 18.8. The van der Waals surface area contributed by atoms with Crippen LogP contribution >= 0.6 is 23.1 Å². The predicted molar refractivity (Wildman–Crippen MR) is 151 cm³/mol. The van der Waals surface area contributed by atoms with Gasteiger partial charge in [0.15, 0.2) is 15.5 Å². The number of aromatic nitrogens is 5. The number of rotatable bonds is 7. The average molecular weight is 533 g/mol. The van der Waals surface area contributed by atoms with Gasteiger partial charge >= 0.3 is 5.69 Å². The first-order valence-corrected chi connectivity index (χ1v) is 14.3. The minimum absolute atomic E-state index is 0.388. The summed E-state index contributed by atoms with van der Waals surface area (Å²) in [7, 11) is 1.66. The van der Waals surface area contributed by atoms with Crippen molar-refractivity contribution >= 4 is 50.4 Å². The van der Waals surface area contributed by atoms with Gasteiger partial charge in [-0.25, -0.2) is 9.78 Å².